The van der Waals surface area contributed by atoms with Crippen molar-refractivity contribution in [2.45, 2.75) is 26.4 Å². The molecule has 1 fully saturated rings. The number of pyridine rings is 1. The van der Waals surface area contributed by atoms with Gasteiger partial charge in [0.1, 0.15) is 11.4 Å². The van der Waals surface area contributed by atoms with Gasteiger partial charge in [0.2, 0.25) is 0 Å². The Morgan fingerprint density at radius 2 is 2.00 bits per heavy atom. The highest BCUT2D eigenvalue weighted by molar-refractivity contribution is 6.01. The van der Waals surface area contributed by atoms with Crippen molar-refractivity contribution < 1.29 is 9.53 Å². The number of hydrogen-bond donors (Lipinski definition) is 2. The van der Waals surface area contributed by atoms with E-state index in [9.17, 15) is 4.79 Å². The van der Waals surface area contributed by atoms with Gasteiger partial charge in [-0.2, -0.15) is 5.10 Å². The van der Waals surface area contributed by atoms with Gasteiger partial charge in [0, 0.05) is 26.2 Å². The van der Waals surface area contributed by atoms with E-state index in [1.807, 2.05) is 32.9 Å². The molecule has 7 nitrogen and oxygen atoms in total. The van der Waals surface area contributed by atoms with Gasteiger partial charge in [0.25, 0.3) is 0 Å². The summed E-state index contributed by atoms with van der Waals surface area (Å²) in [5.74, 6) is 0.462. The van der Waals surface area contributed by atoms with E-state index in [2.05, 4.69) is 25.4 Å². The molecular weight excluding hydrogens is 282 g/mol. The van der Waals surface area contributed by atoms with Crippen LogP contribution < -0.4 is 10.2 Å². The molecule has 0 atom stereocenters. The summed E-state index contributed by atoms with van der Waals surface area (Å²) in [5, 5.41) is 10.9. The van der Waals surface area contributed by atoms with Crippen LogP contribution >= 0.6 is 0 Å². The number of nitrogens with zero attached hydrogens (tertiary/aromatic N) is 3. The van der Waals surface area contributed by atoms with Gasteiger partial charge in [-0.3, -0.25) is 5.10 Å². The van der Waals surface area contributed by atoms with Crippen molar-refractivity contribution in [2.75, 3.05) is 31.1 Å². The summed E-state index contributed by atoms with van der Waals surface area (Å²) < 4.78 is 5.37. The first-order chi connectivity index (χ1) is 10.4. The minimum atomic E-state index is -0.545. The zero-order chi connectivity index (χ0) is 15.7. The number of anilines is 1. The second-order valence-electron chi connectivity index (χ2n) is 6.38. The van der Waals surface area contributed by atoms with Gasteiger partial charge in [0.15, 0.2) is 11.3 Å². The Balaban J connectivity index is 1.87. The molecule has 1 aliphatic heterocycles. The number of esters is 1. The Kier molecular flexibility index (Phi) is 3.74. The number of aromatic amines is 1. The van der Waals surface area contributed by atoms with Crippen LogP contribution in [-0.4, -0.2) is 52.9 Å². The third-order valence-electron chi connectivity index (χ3n) is 3.44. The monoisotopic (exact) mass is 303 g/mol. The quantitative estimate of drug-likeness (QED) is 0.814. The van der Waals surface area contributed by atoms with E-state index < -0.39 is 11.6 Å². The molecule has 0 spiro atoms. The van der Waals surface area contributed by atoms with Crippen LogP contribution in [0.1, 0.15) is 31.3 Å². The lowest BCUT2D eigenvalue weighted by atomic mass is 10.2. The average Bonchev–Trinajstić information content (AvgIpc) is 2.89. The third-order valence-corrected chi connectivity index (χ3v) is 3.44. The molecule has 22 heavy (non-hydrogen) atoms. The lowest BCUT2D eigenvalue weighted by Gasteiger charge is -2.28. The number of carbonyl (C=O) groups excluding carboxylic acids is 1. The molecular formula is C15H21N5O2. The van der Waals surface area contributed by atoms with Crippen LogP contribution in [0.5, 0.6) is 0 Å². The van der Waals surface area contributed by atoms with Gasteiger partial charge < -0.3 is 15.0 Å². The maximum atomic E-state index is 12.2. The predicted molar refractivity (Wildman–Crippen MR) is 84.1 cm³/mol. The van der Waals surface area contributed by atoms with E-state index in [0.717, 1.165) is 32.0 Å². The Bertz CT molecular complexity index is 683. The van der Waals surface area contributed by atoms with Crippen LogP contribution in [0.4, 0.5) is 5.82 Å². The van der Waals surface area contributed by atoms with Gasteiger partial charge in [0.05, 0.1) is 5.39 Å². The number of nitrogens with one attached hydrogen (secondary N) is 2. The van der Waals surface area contributed by atoms with E-state index in [1.54, 1.807) is 0 Å². The SMILES string of the molecule is CC(C)(C)OC(=O)c1n[nH]c2nc(N3CCNCC3)ccc12. The molecule has 2 aromatic heterocycles. The second kappa shape index (κ2) is 5.57. The molecule has 1 aliphatic rings. The van der Waals surface area contributed by atoms with Crippen molar-refractivity contribution in [2.24, 2.45) is 0 Å². The lowest BCUT2D eigenvalue weighted by molar-refractivity contribution is 0.00651. The zero-order valence-electron chi connectivity index (χ0n) is 13.1. The molecule has 0 saturated carbocycles. The number of aromatic nitrogens is 3. The predicted octanol–water partition coefficient (Wildman–Crippen LogP) is 1.32. The number of ether oxygens (including phenoxy) is 1. The number of piperazine rings is 1. The van der Waals surface area contributed by atoms with Crippen molar-refractivity contribution >= 4 is 22.8 Å². The fraction of sp³-hybridized carbons (Fsp3) is 0.533. The summed E-state index contributed by atoms with van der Waals surface area (Å²) in [7, 11) is 0. The van der Waals surface area contributed by atoms with E-state index in [1.165, 1.54) is 0 Å². The van der Waals surface area contributed by atoms with Gasteiger partial charge >= 0.3 is 5.97 Å². The molecule has 0 bridgehead atoms. The largest absolute Gasteiger partial charge is 0.455 e. The molecule has 7 heteroatoms. The maximum Gasteiger partial charge on any atom is 0.360 e. The fourth-order valence-electron chi connectivity index (χ4n) is 2.45. The maximum absolute atomic E-state index is 12.2. The third kappa shape index (κ3) is 3.04. The first kappa shape index (κ1) is 14.8. The van der Waals surface area contributed by atoms with Gasteiger partial charge in [-0.05, 0) is 32.9 Å². The van der Waals surface area contributed by atoms with Gasteiger partial charge in [-0.25, -0.2) is 9.78 Å². The minimum Gasteiger partial charge on any atom is -0.455 e. The van der Waals surface area contributed by atoms with Crippen molar-refractivity contribution in [1.29, 1.82) is 0 Å². The summed E-state index contributed by atoms with van der Waals surface area (Å²) in [5.41, 5.74) is 0.345. The molecule has 0 aromatic carbocycles. The molecule has 0 amide bonds. The van der Waals surface area contributed by atoms with Crippen molar-refractivity contribution in [3.63, 3.8) is 0 Å². The van der Waals surface area contributed by atoms with Crippen LogP contribution in [0.3, 0.4) is 0 Å². The minimum absolute atomic E-state index is 0.282. The number of hydrogen-bond acceptors (Lipinski definition) is 6. The Morgan fingerprint density at radius 3 is 2.68 bits per heavy atom. The Hall–Kier alpha value is -2.15. The highest BCUT2D eigenvalue weighted by atomic mass is 16.6. The van der Waals surface area contributed by atoms with Crippen molar-refractivity contribution in [3.05, 3.63) is 17.8 Å². The number of fused-ring (bicyclic) bond motifs is 1. The first-order valence-electron chi connectivity index (χ1n) is 7.48. The lowest BCUT2D eigenvalue weighted by Crippen LogP contribution is -2.43. The summed E-state index contributed by atoms with van der Waals surface area (Å²) in [6, 6.07) is 3.81. The molecule has 0 aliphatic carbocycles. The number of rotatable bonds is 2. The van der Waals surface area contributed by atoms with E-state index >= 15 is 0 Å². The molecule has 1 saturated heterocycles. The Morgan fingerprint density at radius 1 is 1.27 bits per heavy atom. The molecule has 2 N–H and O–H groups in total. The van der Waals surface area contributed by atoms with E-state index in [0.29, 0.717) is 11.0 Å². The van der Waals surface area contributed by atoms with Crippen LogP contribution in [0.15, 0.2) is 12.1 Å². The number of carbonyl (C=O) groups is 1. The van der Waals surface area contributed by atoms with Crippen LogP contribution in [0.25, 0.3) is 11.0 Å². The highest BCUT2D eigenvalue weighted by Crippen LogP contribution is 2.21. The summed E-state index contributed by atoms with van der Waals surface area (Å²) >= 11 is 0. The molecule has 3 rings (SSSR count). The summed E-state index contributed by atoms with van der Waals surface area (Å²) in [6.07, 6.45) is 0. The van der Waals surface area contributed by atoms with Gasteiger partial charge in [-0.15, -0.1) is 0 Å². The van der Waals surface area contributed by atoms with Crippen LogP contribution in [0, 0.1) is 0 Å². The highest BCUT2D eigenvalue weighted by Gasteiger charge is 2.23. The molecule has 0 radical (unpaired) electrons. The van der Waals surface area contributed by atoms with E-state index in [-0.39, 0.29) is 5.69 Å². The first-order valence-corrected chi connectivity index (χ1v) is 7.48. The summed E-state index contributed by atoms with van der Waals surface area (Å²) in [6.45, 7) is 9.25. The van der Waals surface area contributed by atoms with Crippen LogP contribution in [-0.2, 0) is 4.74 Å². The molecule has 118 valence electrons. The topological polar surface area (TPSA) is 83.1 Å². The summed E-state index contributed by atoms with van der Waals surface area (Å²) in [4.78, 5) is 19.0. The molecule has 0 unspecified atom stereocenters. The smallest absolute Gasteiger partial charge is 0.360 e. The number of H-pyrrole nitrogens is 1. The fourth-order valence-corrected chi connectivity index (χ4v) is 2.45. The van der Waals surface area contributed by atoms with Crippen molar-refractivity contribution in [3.8, 4) is 0 Å². The average molecular weight is 303 g/mol. The molecule has 2 aromatic rings. The van der Waals surface area contributed by atoms with Crippen molar-refractivity contribution in [1.82, 2.24) is 20.5 Å². The Labute approximate surface area is 129 Å². The van der Waals surface area contributed by atoms with E-state index in [4.69, 9.17) is 4.74 Å². The van der Waals surface area contributed by atoms with Crippen LogP contribution in [0.2, 0.25) is 0 Å². The van der Waals surface area contributed by atoms with Gasteiger partial charge in [-0.1, -0.05) is 0 Å². The molecule has 3 heterocycles. The normalized spacial score (nSPS) is 16.0. The standard InChI is InChI=1S/C15H21N5O2/c1-15(2,3)22-14(21)12-10-4-5-11(17-13(10)19-18-12)20-8-6-16-7-9-20/h4-5,16H,6-9H2,1-3H3,(H,17,18,19). The zero-order valence-corrected chi connectivity index (χ0v) is 13.1. The second-order valence-corrected chi connectivity index (χ2v) is 6.38.